The molecular formula is C19H17F3N4OS. The third kappa shape index (κ3) is 5.07. The summed E-state index contributed by atoms with van der Waals surface area (Å²) in [4.78, 5) is 21.5. The second-order valence-electron chi connectivity index (χ2n) is 5.99. The van der Waals surface area contributed by atoms with Gasteiger partial charge >= 0.3 is 12.2 Å². The summed E-state index contributed by atoms with van der Waals surface area (Å²) in [5.41, 5.74) is 0.768. The highest BCUT2D eigenvalue weighted by Gasteiger charge is 2.30. The molecule has 28 heavy (non-hydrogen) atoms. The number of nitrogens with one attached hydrogen (secondary N) is 1. The Morgan fingerprint density at radius 2 is 2.00 bits per heavy atom. The highest BCUT2D eigenvalue weighted by Crippen LogP contribution is 2.29. The van der Waals surface area contributed by atoms with Crippen LogP contribution in [0.1, 0.15) is 16.0 Å². The quantitative estimate of drug-likeness (QED) is 0.709. The Labute approximate surface area is 163 Å². The van der Waals surface area contributed by atoms with E-state index in [1.54, 1.807) is 23.2 Å². The third-order valence-corrected chi connectivity index (χ3v) is 4.75. The number of urea groups is 1. The highest BCUT2D eigenvalue weighted by molar-refractivity contribution is 7.09. The Hall–Kier alpha value is -2.94. The van der Waals surface area contributed by atoms with Gasteiger partial charge in [-0.3, -0.25) is 9.55 Å². The number of benzene rings is 1. The highest BCUT2D eigenvalue weighted by atomic mass is 32.1. The smallest absolute Gasteiger partial charge is 0.336 e. The van der Waals surface area contributed by atoms with E-state index in [1.165, 1.54) is 23.5 Å². The van der Waals surface area contributed by atoms with E-state index in [0.29, 0.717) is 23.5 Å². The Morgan fingerprint density at radius 3 is 2.64 bits per heavy atom. The van der Waals surface area contributed by atoms with Crippen molar-refractivity contribution in [1.82, 2.24) is 14.9 Å². The Morgan fingerprint density at radius 1 is 1.25 bits per heavy atom. The third-order valence-electron chi connectivity index (χ3n) is 3.85. The average molecular weight is 406 g/mol. The molecule has 0 radical (unpaired) electrons. The van der Waals surface area contributed by atoms with E-state index < -0.39 is 17.8 Å². The van der Waals surface area contributed by atoms with Crippen molar-refractivity contribution in [2.24, 2.45) is 4.99 Å². The minimum absolute atomic E-state index is 0.385. The molecule has 1 aromatic carbocycles. The van der Waals surface area contributed by atoms with Gasteiger partial charge in [0, 0.05) is 35.7 Å². The molecule has 146 valence electrons. The number of carbonyl (C=O) groups excluding carboxylic acids is 1. The zero-order valence-corrected chi connectivity index (χ0v) is 15.7. The molecule has 2 amide bonds. The van der Waals surface area contributed by atoms with Crippen molar-refractivity contribution in [3.05, 3.63) is 75.8 Å². The van der Waals surface area contributed by atoms with Gasteiger partial charge in [-0.2, -0.15) is 18.2 Å². The Kier molecular flexibility index (Phi) is 5.93. The number of carbonyl (C=O) groups is 1. The maximum absolute atomic E-state index is 12.7. The van der Waals surface area contributed by atoms with Crippen LogP contribution in [0.2, 0.25) is 0 Å². The van der Waals surface area contributed by atoms with E-state index in [2.05, 4.69) is 15.3 Å². The first-order chi connectivity index (χ1) is 13.3. The van der Waals surface area contributed by atoms with Gasteiger partial charge < -0.3 is 5.32 Å². The molecule has 1 N–H and O–H groups in total. The van der Waals surface area contributed by atoms with Gasteiger partial charge in [-0.15, -0.1) is 11.3 Å². The van der Waals surface area contributed by atoms with Crippen molar-refractivity contribution < 1.29 is 18.0 Å². The van der Waals surface area contributed by atoms with Crippen LogP contribution in [0.4, 0.5) is 18.0 Å². The molecule has 3 rings (SSSR count). The van der Waals surface area contributed by atoms with E-state index in [4.69, 9.17) is 0 Å². The van der Waals surface area contributed by atoms with Crippen molar-refractivity contribution in [3.8, 4) is 5.69 Å². The number of aromatic nitrogens is 2. The number of hydrogen-bond donors (Lipinski definition) is 1. The van der Waals surface area contributed by atoms with Crippen LogP contribution < -0.4 is 10.1 Å². The van der Waals surface area contributed by atoms with E-state index in [0.717, 1.165) is 22.6 Å². The average Bonchev–Trinajstić information content (AvgIpc) is 3.02. The van der Waals surface area contributed by atoms with E-state index in [-0.39, 0.29) is 0 Å². The second kappa shape index (κ2) is 8.39. The fraction of sp³-hybridized carbons (Fsp3) is 0.211. The topological polar surface area (TPSA) is 59.3 Å². The van der Waals surface area contributed by atoms with Gasteiger partial charge in [-0.05, 0) is 49.2 Å². The molecule has 9 heteroatoms. The Balaban J connectivity index is 1.74. The van der Waals surface area contributed by atoms with Crippen LogP contribution in [-0.4, -0.2) is 22.1 Å². The molecular weight excluding hydrogens is 389 g/mol. The maximum atomic E-state index is 12.7. The lowest BCUT2D eigenvalue weighted by Gasteiger charge is -2.08. The number of nitrogens with zero attached hydrogens (tertiary/aromatic N) is 3. The first-order valence-electron chi connectivity index (χ1n) is 8.41. The summed E-state index contributed by atoms with van der Waals surface area (Å²) >= 11 is 1.28. The minimum Gasteiger partial charge on any atom is -0.336 e. The molecule has 3 aromatic rings. The van der Waals surface area contributed by atoms with Gasteiger partial charge in [0.2, 0.25) is 0 Å². The van der Waals surface area contributed by atoms with Gasteiger partial charge in [-0.1, -0.05) is 6.07 Å². The number of rotatable bonds is 4. The molecule has 0 saturated heterocycles. The molecule has 0 bridgehead atoms. The summed E-state index contributed by atoms with van der Waals surface area (Å²) in [5.74, 6) is 0. The SMILES string of the molecule is Cc1cn(-c2ccc(C(F)(F)F)cc2)/c(=N/C(=O)NCCc2cccnc2)s1. The number of hydrogen-bond acceptors (Lipinski definition) is 3. The summed E-state index contributed by atoms with van der Waals surface area (Å²) in [6.07, 6.45) is 1.36. The van der Waals surface area contributed by atoms with Crippen LogP contribution in [-0.2, 0) is 12.6 Å². The van der Waals surface area contributed by atoms with Gasteiger partial charge in [0.1, 0.15) is 0 Å². The van der Waals surface area contributed by atoms with E-state index >= 15 is 0 Å². The summed E-state index contributed by atoms with van der Waals surface area (Å²) in [6.45, 7) is 2.24. The molecule has 0 saturated carbocycles. The summed E-state index contributed by atoms with van der Waals surface area (Å²) in [7, 11) is 0. The fourth-order valence-electron chi connectivity index (χ4n) is 2.52. The number of halogens is 3. The van der Waals surface area contributed by atoms with Crippen molar-refractivity contribution in [3.63, 3.8) is 0 Å². The standard InChI is InChI=1S/C19H17F3N4OS/c1-13-12-26(16-6-4-15(5-7-16)19(20,21)22)18(28-13)25-17(27)24-10-8-14-3-2-9-23-11-14/h2-7,9,11-12H,8,10H2,1H3,(H,24,27)/b25-18-. The molecule has 0 aliphatic heterocycles. The van der Waals surface area contributed by atoms with Crippen LogP contribution >= 0.6 is 11.3 Å². The molecule has 0 unspecified atom stereocenters. The van der Waals surface area contributed by atoms with Gasteiger partial charge in [0.05, 0.1) is 5.56 Å². The molecule has 5 nitrogen and oxygen atoms in total. The zero-order valence-electron chi connectivity index (χ0n) is 14.9. The van der Waals surface area contributed by atoms with Gasteiger partial charge in [-0.25, -0.2) is 4.79 Å². The number of alkyl halides is 3. The zero-order chi connectivity index (χ0) is 20.1. The normalized spacial score (nSPS) is 12.2. The van der Waals surface area contributed by atoms with Crippen LogP contribution in [0.3, 0.4) is 0 Å². The van der Waals surface area contributed by atoms with Crippen molar-refractivity contribution >= 4 is 17.4 Å². The fourth-order valence-corrected chi connectivity index (χ4v) is 3.35. The lowest BCUT2D eigenvalue weighted by molar-refractivity contribution is -0.137. The van der Waals surface area contributed by atoms with Crippen LogP contribution in [0.5, 0.6) is 0 Å². The molecule has 0 fully saturated rings. The van der Waals surface area contributed by atoms with Crippen molar-refractivity contribution in [2.75, 3.05) is 6.54 Å². The van der Waals surface area contributed by atoms with E-state index in [1.807, 2.05) is 19.1 Å². The first kappa shape index (κ1) is 19.8. The van der Waals surface area contributed by atoms with Gasteiger partial charge in [0.25, 0.3) is 0 Å². The van der Waals surface area contributed by atoms with Crippen molar-refractivity contribution in [1.29, 1.82) is 0 Å². The van der Waals surface area contributed by atoms with Crippen molar-refractivity contribution in [2.45, 2.75) is 19.5 Å². The summed E-state index contributed by atoms with van der Waals surface area (Å²) in [6, 6.07) is 7.95. The lowest BCUT2D eigenvalue weighted by atomic mass is 10.2. The van der Waals surface area contributed by atoms with Crippen LogP contribution in [0.25, 0.3) is 5.69 Å². The molecule has 2 heterocycles. The molecule has 0 aliphatic rings. The molecule has 0 aliphatic carbocycles. The molecule has 0 atom stereocenters. The largest absolute Gasteiger partial charge is 0.416 e. The summed E-state index contributed by atoms with van der Waals surface area (Å²) < 4.78 is 39.8. The number of aryl methyl sites for hydroxylation is 1. The monoisotopic (exact) mass is 406 g/mol. The maximum Gasteiger partial charge on any atom is 0.416 e. The van der Waals surface area contributed by atoms with E-state index in [9.17, 15) is 18.0 Å². The second-order valence-corrected chi connectivity index (χ2v) is 7.21. The number of pyridine rings is 1. The predicted octanol–water partition coefficient (Wildman–Crippen LogP) is 4.11. The summed E-state index contributed by atoms with van der Waals surface area (Å²) in [5, 5.41) is 2.71. The Bertz CT molecular complexity index is 1010. The minimum atomic E-state index is -4.39. The van der Waals surface area contributed by atoms with Gasteiger partial charge in [0.15, 0.2) is 4.80 Å². The number of thiazole rings is 1. The molecule has 0 spiro atoms. The predicted molar refractivity (Wildman–Crippen MR) is 100 cm³/mol. The van der Waals surface area contributed by atoms with Crippen LogP contribution in [0, 0.1) is 6.92 Å². The van der Waals surface area contributed by atoms with Crippen LogP contribution in [0.15, 0.2) is 60.0 Å². The lowest BCUT2D eigenvalue weighted by Crippen LogP contribution is -2.25. The molecule has 2 aromatic heterocycles. The number of amides is 2. The first-order valence-corrected chi connectivity index (χ1v) is 9.23.